The molecule has 2 heterocycles. The van der Waals surface area contributed by atoms with Crippen molar-refractivity contribution >= 4 is 33.7 Å². The first-order valence-corrected chi connectivity index (χ1v) is 11.4. The Bertz CT molecular complexity index is 1310. The molecule has 1 aliphatic rings. The fourth-order valence-corrected chi connectivity index (χ4v) is 5.54. The fourth-order valence-electron chi connectivity index (χ4n) is 4.46. The molecule has 0 saturated heterocycles. The van der Waals surface area contributed by atoms with Crippen molar-refractivity contribution in [3.05, 3.63) is 64.7 Å². The summed E-state index contributed by atoms with van der Waals surface area (Å²) >= 11 is 1.32. The molecule has 0 aliphatic heterocycles. The summed E-state index contributed by atoms with van der Waals surface area (Å²) in [6.45, 7) is -0.863. The Morgan fingerprint density at radius 1 is 1.00 bits per heavy atom. The van der Waals surface area contributed by atoms with E-state index in [1.165, 1.54) is 11.8 Å². The van der Waals surface area contributed by atoms with Crippen LogP contribution in [0, 0.1) is 0 Å². The maximum atomic E-state index is 13.9. The number of imidazole rings is 1. The van der Waals surface area contributed by atoms with Crippen molar-refractivity contribution in [2.75, 3.05) is 0 Å². The number of rotatable bonds is 5. The second kappa shape index (κ2) is 8.07. The number of hydrogen-bond acceptors (Lipinski definition) is 4. The van der Waals surface area contributed by atoms with Crippen LogP contribution >= 0.6 is 11.8 Å². The third-order valence-corrected chi connectivity index (χ3v) is 6.99. The Kier molecular flexibility index (Phi) is 5.25. The van der Waals surface area contributed by atoms with Crippen molar-refractivity contribution in [1.29, 1.82) is 0 Å². The lowest BCUT2D eigenvalue weighted by Crippen LogP contribution is -2.26. The van der Waals surface area contributed by atoms with Gasteiger partial charge >= 0.3 is 6.55 Å². The first-order chi connectivity index (χ1) is 15.0. The normalized spacial score (nSPS) is 16.0. The molecule has 1 fully saturated rings. The predicted molar refractivity (Wildman–Crippen MR) is 119 cm³/mol. The molecule has 0 N–H and O–H groups in total. The highest BCUT2D eigenvalue weighted by molar-refractivity contribution is 7.99. The van der Waals surface area contributed by atoms with Gasteiger partial charge < -0.3 is 0 Å². The number of alkyl halides is 2. The minimum Gasteiger partial charge on any atom is -0.284 e. The van der Waals surface area contributed by atoms with Gasteiger partial charge in [-0.2, -0.15) is 8.78 Å². The molecule has 2 aromatic carbocycles. The third-order valence-electron chi connectivity index (χ3n) is 5.93. The molecule has 0 unspecified atom stereocenters. The van der Waals surface area contributed by atoms with Crippen LogP contribution in [-0.4, -0.2) is 19.1 Å². The Morgan fingerprint density at radius 3 is 2.42 bits per heavy atom. The van der Waals surface area contributed by atoms with E-state index < -0.39 is 11.8 Å². The van der Waals surface area contributed by atoms with E-state index >= 15 is 0 Å². The van der Waals surface area contributed by atoms with E-state index in [1.54, 1.807) is 34.9 Å². The molecule has 5 rings (SSSR count). The lowest BCUT2D eigenvalue weighted by molar-refractivity contribution is 0.0715. The number of nitrogens with zero attached hydrogens (tertiary/aromatic N) is 4. The Balaban J connectivity index is 1.62. The molecule has 31 heavy (non-hydrogen) atoms. The van der Waals surface area contributed by atoms with Crippen molar-refractivity contribution in [1.82, 2.24) is 19.1 Å². The first kappa shape index (κ1) is 20.2. The molecule has 1 saturated carbocycles. The predicted octanol–water partition coefficient (Wildman–Crippen LogP) is 6.11. The molecule has 160 valence electrons. The topological polar surface area (TPSA) is 52.7 Å². The van der Waals surface area contributed by atoms with Gasteiger partial charge in [0.25, 0.3) is 5.56 Å². The lowest BCUT2D eigenvalue weighted by atomic mass is 10.2. The van der Waals surface area contributed by atoms with Crippen LogP contribution in [0.5, 0.6) is 0 Å². The van der Waals surface area contributed by atoms with Gasteiger partial charge in [0.2, 0.25) is 0 Å². The van der Waals surface area contributed by atoms with Crippen LogP contribution in [0.3, 0.4) is 0 Å². The van der Waals surface area contributed by atoms with E-state index in [2.05, 4.69) is 4.98 Å². The second-order valence-corrected chi connectivity index (χ2v) is 9.20. The number of para-hydroxylation sites is 3. The van der Waals surface area contributed by atoms with E-state index in [-0.39, 0.29) is 17.4 Å². The lowest BCUT2D eigenvalue weighted by Gasteiger charge is -2.21. The smallest absolute Gasteiger partial charge is 0.284 e. The molecule has 0 spiro atoms. The molecule has 1 aliphatic carbocycles. The number of benzene rings is 2. The summed E-state index contributed by atoms with van der Waals surface area (Å²) in [5.41, 5.74) is 1.50. The SMILES string of the molecule is C[C@H](Sc1nc2ccccc2c(=O)n1C1CCCC1)c1nc2ccccc2n1C(F)F. The average molecular weight is 441 g/mol. The van der Waals surface area contributed by atoms with Crippen molar-refractivity contribution in [3.63, 3.8) is 0 Å². The van der Waals surface area contributed by atoms with Gasteiger partial charge in [-0.25, -0.2) is 9.97 Å². The minimum atomic E-state index is -2.70. The monoisotopic (exact) mass is 440 g/mol. The van der Waals surface area contributed by atoms with Gasteiger partial charge in [0.15, 0.2) is 5.16 Å². The van der Waals surface area contributed by atoms with Crippen molar-refractivity contribution < 1.29 is 8.78 Å². The van der Waals surface area contributed by atoms with Gasteiger partial charge in [0, 0.05) is 6.04 Å². The fraction of sp³-hybridized carbons (Fsp3) is 0.348. The standard InChI is InChI=1S/C23H22F2N4OS/c1-14(20-26-18-12-6-7-13-19(18)29(20)22(24)25)31-23-27-17-11-5-4-10-16(17)21(30)28(23)15-8-2-3-9-15/h4-7,10-15,22H,2-3,8-9H2,1H3/t14-/m0/s1. The largest absolute Gasteiger partial charge is 0.320 e. The van der Waals surface area contributed by atoms with E-state index in [0.29, 0.717) is 27.1 Å². The highest BCUT2D eigenvalue weighted by Crippen LogP contribution is 2.39. The summed E-state index contributed by atoms with van der Waals surface area (Å²) in [7, 11) is 0. The van der Waals surface area contributed by atoms with Crippen LogP contribution in [-0.2, 0) is 0 Å². The zero-order chi connectivity index (χ0) is 21.5. The number of halogens is 2. The highest BCUT2D eigenvalue weighted by atomic mass is 32.2. The average Bonchev–Trinajstić information content (AvgIpc) is 3.42. The number of thioether (sulfide) groups is 1. The molecule has 5 nitrogen and oxygen atoms in total. The summed E-state index contributed by atoms with van der Waals surface area (Å²) in [5.74, 6) is 0.279. The molecular weight excluding hydrogens is 418 g/mol. The van der Waals surface area contributed by atoms with E-state index in [9.17, 15) is 13.6 Å². The summed E-state index contributed by atoms with van der Waals surface area (Å²) < 4.78 is 30.6. The highest BCUT2D eigenvalue weighted by Gasteiger charge is 2.27. The molecule has 4 aromatic rings. The maximum absolute atomic E-state index is 13.9. The van der Waals surface area contributed by atoms with Gasteiger partial charge in [0.05, 0.1) is 27.2 Å². The molecule has 8 heteroatoms. The van der Waals surface area contributed by atoms with Gasteiger partial charge in [-0.05, 0) is 44.0 Å². The molecule has 1 atom stereocenters. The van der Waals surface area contributed by atoms with Crippen LogP contribution < -0.4 is 5.56 Å². The first-order valence-electron chi connectivity index (χ1n) is 10.5. The Labute approximate surface area is 182 Å². The van der Waals surface area contributed by atoms with Crippen molar-refractivity contribution in [3.8, 4) is 0 Å². The Morgan fingerprint density at radius 2 is 1.68 bits per heavy atom. The summed E-state index contributed by atoms with van der Waals surface area (Å²) in [5, 5.41) is 0.740. The van der Waals surface area contributed by atoms with Crippen LogP contribution in [0.4, 0.5) is 8.78 Å². The summed E-state index contributed by atoms with van der Waals surface area (Å²) in [6, 6.07) is 14.3. The summed E-state index contributed by atoms with van der Waals surface area (Å²) in [4.78, 5) is 22.6. The number of aromatic nitrogens is 4. The Hall–Kier alpha value is -2.74. The maximum Gasteiger partial charge on any atom is 0.320 e. The van der Waals surface area contributed by atoms with Crippen molar-refractivity contribution in [2.24, 2.45) is 0 Å². The minimum absolute atomic E-state index is 0.0606. The van der Waals surface area contributed by atoms with Crippen molar-refractivity contribution in [2.45, 2.75) is 55.6 Å². The van der Waals surface area contributed by atoms with Gasteiger partial charge in [0.1, 0.15) is 5.82 Å². The number of hydrogen-bond donors (Lipinski definition) is 0. The van der Waals surface area contributed by atoms with Crippen LogP contribution in [0.15, 0.2) is 58.5 Å². The van der Waals surface area contributed by atoms with Crippen LogP contribution in [0.25, 0.3) is 21.9 Å². The molecule has 0 amide bonds. The third kappa shape index (κ3) is 3.52. The van der Waals surface area contributed by atoms with E-state index in [0.717, 1.165) is 30.3 Å². The van der Waals surface area contributed by atoms with Gasteiger partial charge in [-0.15, -0.1) is 0 Å². The zero-order valence-electron chi connectivity index (χ0n) is 17.0. The van der Waals surface area contributed by atoms with Gasteiger partial charge in [-0.3, -0.25) is 13.9 Å². The van der Waals surface area contributed by atoms with Crippen LogP contribution in [0.2, 0.25) is 0 Å². The molecule has 0 bridgehead atoms. The van der Waals surface area contributed by atoms with E-state index in [4.69, 9.17) is 4.98 Å². The van der Waals surface area contributed by atoms with E-state index in [1.807, 2.05) is 25.1 Å². The summed E-state index contributed by atoms with van der Waals surface area (Å²) in [6.07, 6.45) is 4.00. The molecule has 0 radical (unpaired) electrons. The van der Waals surface area contributed by atoms with Gasteiger partial charge in [-0.1, -0.05) is 48.9 Å². The van der Waals surface area contributed by atoms with Crippen LogP contribution in [0.1, 0.15) is 56.3 Å². The quantitative estimate of drug-likeness (QED) is 0.278. The second-order valence-electron chi connectivity index (χ2n) is 7.89. The number of fused-ring (bicyclic) bond motifs is 2. The molecule has 2 aromatic heterocycles. The molecular formula is C23H22F2N4OS. The zero-order valence-corrected chi connectivity index (χ0v) is 17.9.